The van der Waals surface area contributed by atoms with Crippen LogP contribution in [0.25, 0.3) is 0 Å². The molecule has 0 N–H and O–H groups in total. The number of rotatable bonds is 12. The normalized spacial score (nSPS) is 10.7. The van der Waals surface area contributed by atoms with Crippen LogP contribution in [0, 0.1) is 0 Å². The van der Waals surface area contributed by atoms with E-state index in [1.807, 2.05) is 42.6 Å². The summed E-state index contributed by atoms with van der Waals surface area (Å²) in [5.74, 6) is 0.932. The van der Waals surface area contributed by atoms with Crippen molar-refractivity contribution in [2.75, 3.05) is 33.9 Å². The highest BCUT2D eigenvalue weighted by molar-refractivity contribution is 7.09. The van der Waals surface area contributed by atoms with Crippen LogP contribution >= 0.6 is 34.5 Å². The maximum Gasteiger partial charge on any atom is 0.254 e. The summed E-state index contributed by atoms with van der Waals surface area (Å²) in [6.45, 7) is 3.37. The van der Waals surface area contributed by atoms with Gasteiger partial charge in [-0.1, -0.05) is 42.3 Å². The Morgan fingerprint density at radius 2 is 1.69 bits per heavy atom. The second kappa shape index (κ2) is 13.5. The molecule has 0 atom stereocenters. The summed E-state index contributed by atoms with van der Waals surface area (Å²) in [6, 6.07) is 14.5. The van der Waals surface area contributed by atoms with E-state index in [4.69, 9.17) is 32.7 Å². The third-order valence-electron chi connectivity index (χ3n) is 5.67. The fourth-order valence-corrected chi connectivity index (χ4v) is 4.80. The zero-order valence-electron chi connectivity index (χ0n) is 20.6. The Morgan fingerprint density at radius 3 is 2.33 bits per heavy atom. The first-order valence-electron chi connectivity index (χ1n) is 11.6. The molecule has 1 aromatic heterocycles. The Hall–Kier alpha value is -2.74. The van der Waals surface area contributed by atoms with Gasteiger partial charge in [-0.15, -0.1) is 11.3 Å². The van der Waals surface area contributed by atoms with Crippen molar-refractivity contribution in [3.05, 3.63) is 80.0 Å². The summed E-state index contributed by atoms with van der Waals surface area (Å²) >= 11 is 13.7. The van der Waals surface area contributed by atoms with Crippen LogP contribution in [-0.2, 0) is 17.8 Å². The standard InChI is InChI=1S/C27H30Cl2N2O4S/c1-4-12-31(27(33)20-8-9-22(28)23(29)16-20)18-26(32)30(17-21-6-5-14-36-21)13-11-19-7-10-24(34-2)25(15-19)35-3/h5-10,14-16H,4,11-13,17-18H2,1-3H3. The van der Waals surface area contributed by atoms with Gasteiger partial charge in [-0.2, -0.15) is 0 Å². The van der Waals surface area contributed by atoms with Crippen LogP contribution < -0.4 is 9.47 Å². The Balaban J connectivity index is 1.77. The van der Waals surface area contributed by atoms with Gasteiger partial charge < -0.3 is 19.3 Å². The number of benzene rings is 2. The molecule has 0 unspecified atom stereocenters. The maximum atomic E-state index is 13.5. The molecule has 1 heterocycles. The number of thiophene rings is 1. The third kappa shape index (κ3) is 7.38. The minimum atomic E-state index is -0.250. The molecule has 0 aliphatic heterocycles. The fourth-order valence-electron chi connectivity index (χ4n) is 3.78. The van der Waals surface area contributed by atoms with Gasteiger partial charge in [0.15, 0.2) is 11.5 Å². The van der Waals surface area contributed by atoms with Gasteiger partial charge in [0.05, 0.1) is 30.8 Å². The summed E-state index contributed by atoms with van der Waals surface area (Å²) < 4.78 is 10.7. The van der Waals surface area contributed by atoms with Crippen LogP contribution in [0.15, 0.2) is 53.9 Å². The molecule has 2 aromatic carbocycles. The average molecular weight is 550 g/mol. The number of hydrogen-bond donors (Lipinski definition) is 0. The summed E-state index contributed by atoms with van der Waals surface area (Å²) in [7, 11) is 3.20. The van der Waals surface area contributed by atoms with Crippen molar-refractivity contribution in [1.29, 1.82) is 0 Å². The number of carbonyl (C=O) groups is 2. The van der Waals surface area contributed by atoms with Crippen LogP contribution in [0.5, 0.6) is 11.5 Å². The maximum absolute atomic E-state index is 13.5. The van der Waals surface area contributed by atoms with Crippen LogP contribution in [-0.4, -0.2) is 55.5 Å². The van der Waals surface area contributed by atoms with Crippen molar-refractivity contribution in [2.45, 2.75) is 26.3 Å². The lowest BCUT2D eigenvalue weighted by atomic mass is 10.1. The molecule has 0 saturated heterocycles. The van der Waals surface area contributed by atoms with Crippen molar-refractivity contribution < 1.29 is 19.1 Å². The van der Waals surface area contributed by atoms with E-state index in [0.29, 0.717) is 53.2 Å². The lowest BCUT2D eigenvalue weighted by molar-refractivity contribution is -0.132. The SMILES string of the molecule is CCCN(CC(=O)N(CCc1ccc(OC)c(OC)c1)Cc1cccs1)C(=O)c1ccc(Cl)c(Cl)c1. The number of methoxy groups -OCH3 is 2. The van der Waals surface area contributed by atoms with Gasteiger partial charge in [-0.3, -0.25) is 9.59 Å². The quantitative estimate of drug-likeness (QED) is 0.270. The van der Waals surface area contributed by atoms with E-state index in [1.165, 1.54) is 0 Å². The topological polar surface area (TPSA) is 59.1 Å². The van der Waals surface area contributed by atoms with Gasteiger partial charge in [0.1, 0.15) is 6.54 Å². The molecule has 0 fully saturated rings. The predicted octanol–water partition coefficient (Wildman–Crippen LogP) is 6.20. The van der Waals surface area contributed by atoms with Gasteiger partial charge in [-0.05, 0) is 60.2 Å². The first-order valence-corrected chi connectivity index (χ1v) is 13.2. The zero-order chi connectivity index (χ0) is 26.1. The monoisotopic (exact) mass is 548 g/mol. The molecule has 0 bridgehead atoms. The van der Waals surface area contributed by atoms with Gasteiger partial charge in [0, 0.05) is 23.5 Å². The molecule has 192 valence electrons. The number of ether oxygens (including phenoxy) is 2. The molecule has 6 nitrogen and oxygen atoms in total. The molecular weight excluding hydrogens is 519 g/mol. The van der Waals surface area contributed by atoms with Crippen LogP contribution in [0.3, 0.4) is 0 Å². The molecule has 3 rings (SSSR count). The molecule has 0 radical (unpaired) electrons. The van der Waals surface area contributed by atoms with E-state index < -0.39 is 0 Å². The van der Waals surface area contributed by atoms with Crippen molar-refractivity contribution in [2.24, 2.45) is 0 Å². The number of amides is 2. The molecule has 36 heavy (non-hydrogen) atoms. The second-order valence-corrected chi connectivity index (χ2v) is 10.0. The summed E-state index contributed by atoms with van der Waals surface area (Å²) in [4.78, 5) is 31.2. The average Bonchev–Trinajstić information content (AvgIpc) is 3.40. The number of hydrogen-bond acceptors (Lipinski definition) is 5. The van der Waals surface area contributed by atoms with E-state index in [1.54, 1.807) is 53.6 Å². The van der Waals surface area contributed by atoms with E-state index in [9.17, 15) is 9.59 Å². The Bertz CT molecular complexity index is 1170. The first-order chi connectivity index (χ1) is 17.4. The minimum Gasteiger partial charge on any atom is -0.493 e. The second-order valence-electron chi connectivity index (χ2n) is 8.19. The molecular formula is C27H30Cl2N2O4S. The molecule has 0 spiro atoms. The molecule has 0 aliphatic rings. The van der Waals surface area contributed by atoms with E-state index in [-0.39, 0.29) is 18.4 Å². The van der Waals surface area contributed by atoms with Crippen molar-refractivity contribution >= 4 is 46.4 Å². The highest BCUT2D eigenvalue weighted by Crippen LogP contribution is 2.28. The summed E-state index contributed by atoms with van der Waals surface area (Å²) in [5.41, 5.74) is 1.43. The Kier molecular flexibility index (Phi) is 10.5. The smallest absolute Gasteiger partial charge is 0.254 e. The highest BCUT2D eigenvalue weighted by atomic mass is 35.5. The van der Waals surface area contributed by atoms with Gasteiger partial charge >= 0.3 is 0 Å². The minimum absolute atomic E-state index is 0.0236. The molecule has 0 aliphatic carbocycles. The highest BCUT2D eigenvalue weighted by Gasteiger charge is 2.23. The van der Waals surface area contributed by atoms with Gasteiger partial charge in [-0.25, -0.2) is 0 Å². The summed E-state index contributed by atoms with van der Waals surface area (Å²) in [5, 5.41) is 2.67. The first kappa shape index (κ1) is 27.8. The van der Waals surface area contributed by atoms with Gasteiger partial charge in [0.2, 0.25) is 5.91 Å². The molecule has 9 heteroatoms. The molecule has 3 aromatic rings. The zero-order valence-corrected chi connectivity index (χ0v) is 23.0. The third-order valence-corrected chi connectivity index (χ3v) is 7.27. The van der Waals surface area contributed by atoms with Crippen molar-refractivity contribution in [3.8, 4) is 11.5 Å². The Labute approximate surface area is 226 Å². The van der Waals surface area contributed by atoms with Crippen LogP contribution in [0.4, 0.5) is 0 Å². The van der Waals surface area contributed by atoms with Crippen LogP contribution in [0.2, 0.25) is 10.0 Å². The fraction of sp³-hybridized carbons (Fsp3) is 0.333. The van der Waals surface area contributed by atoms with E-state index in [0.717, 1.165) is 16.9 Å². The van der Waals surface area contributed by atoms with Crippen LogP contribution in [0.1, 0.15) is 34.1 Å². The van der Waals surface area contributed by atoms with Crippen molar-refractivity contribution in [3.63, 3.8) is 0 Å². The largest absolute Gasteiger partial charge is 0.493 e. The van der Waals surface area contributed by atoms with E-state index in [2.05, 4.69) is 0 Å². The predicted molar refractivity (Wildman–Crippen MR) is 146 cm³/mol. The summed E-state index contributed by atoms with van der Waals surface area (Å²) in [6.07, 6.45) is 1.35. The number of nitrogens with zero attached hydrogens (tertiary/aromatic N) is 2. The molecule has 2 amide bonds. The number of halogens is 2. The molecule has 0 saturated carbocycles. The Morgan fingerprint density at radius 1 is 0.917 bits per heavy atom. The van der Waals surface area contributed by atoms with Crippen molar-refractivity contribution in [1.82, 2.24) is 9.80 Å². The number of carbonyl (C=O) groups excluding carboxylic acids is 2. The lowest BCUT2D eigenvalue weighted by Crippen LogP contribution is -2.43. The van der Waals surface area contributed by atoms with E-state index >= 15 is 0 Å². The van der Waals surface area contributed by atoms with Gasteiger partial charge in [0.25, 0.3) is 5.91 Å². The lowest BCUT2D eigenvalue weighted by Gasteiger charge is -2.27.